The predicted octanol–water partition coefficient (Wildman–Crippen LogP) is 5.86. The lowest BCUT2D eigenvalue weighted by molar-refractivity contribution is -0.155. The Hall–Kier alpha value is -4.26. The van der Waals surface area contributed by atoms with E-state index in [1.165, 1.54) is 0 Å². The molecule has 39 heavy (non-hydrogen) atoms. The third-order valence-electron chi connectivity index (χ3n) is 9.01. The molecule has 2 unspecified atom stereocenters. The van der Waals surface area contributed by atoms with Crippen LogP contribution in [0.1, 0.15) is 42.6 Å². The minimum atomic E-state index is -0.294. The molecule has 7 nitrogen and oxygen atoms in total. The first-order valence-electron chi connectivity index (χ1n) is 13.7. The smallest absolute Gasteiger partial charge is 0.274 e. The molecule has 3 N–H and O–H groups in total. The van der Waals surface area contributed by atoms with E-state index in [4.69, 9.17) is 0 Å². The Bertz CT molecular complexity index is 1570. The van der Waals surface area contributed by atoms with Crippen LogP contribution in [0.5, 0.6) is 0 Å². The Morgan fingerprint density at radius 3 is 2.44 bits per heavy atom. The van der Waals surface area contributed by atoms with E-state index < -0.39 is 0 Å². The number of benzene rings is 2. The third-order valence-corrected chi connectivity index (χ3v) is 9.01. The van der Waals surface area contributed by atoms with Gasteiger partial charge in [0.1, 0.15) is 11.5 Å². The van der Waals surface area contributed by atoms with Crippen LogP contribution in [-0.2, 0) is 9.59 Å². The molecule has 2 atom stereocenters. The van der Waals surface area contributed by atoms with E-state index >= 15 is 0 Å². The van der Waals surface area contributed by atoms with Crippen molar-refractivity contribution in [2.24, 2.45) is 23.2 Å². The molecule has 4 saturated carbocycles. The molecule has 196 valence electrons. The van der Waals surface area contributed by atoms with Crippen LogP contribution in [0.3, 0.4) is 0 Å². The van der Waals surface area contributed by atoms with E-state index in [-0.39, 0.29) is 28.9 Å². The summed E-state index contributed by atoms with van der Waals surface area (Å²) in [6.45, 7) is 0.305. The number of Topliss-reactive ketones (excluding diaryl/α,β-unsaturated/α-hetero) is 2. The Morgan fingerprint density at radius 1 is 0.923 bits per heavy atom. The van der Waals surface area contributed by atoms with E-state index in [9.17, 15) is 14.4 Å². The van der Waals surface area contributed by atoms with Gasteiger partial charge >= 0.3 is 0 Å². The van der Waals surface area contributed by atoms with Crippen LogP contribution in [0.2, 0.25) is 0 Å². The molecular weight excluding hydrogens is 488 g/mol. The highest BCUT2D eigenvalue weighted by molar-refractivity contribution is 6.04. The van der Waals surface area contributed by atoms with Crippen molar-refractivity contribution >= 4 is 39.8 Å². The van der Waals surface area contributed by atoms with Crippen molar-refractivity contribution in [2.75, 3.05) is 17.2 Å². The average Bonchev–Trinajstić information content (AvgIpc) is 3.38. The minimum absolute atomic E-state index is 0.115. The number of carbonyl (C=O) groups excluding carboxylic acids is 3. The quantitative estimate of drug-likeness (QED) is 0.284. The zero-order valence-electron chi connectivity index (χ0n) is 21.6. The minimum Gasteiger partial charge on any atom is -0.378 e. The Balaban J connectivity index is 1.01. The van der Waals surface area contributed by atoms with Gasteiger partial charge in [-0.3, -0.25) is 19.4 Å². The number of fused-ring (bicyclic) bond motifs is 1. The van der Waals surface area contributed by atoms with Crippen molar-refractivity contribution in [1.29, 1.82) is 0 Å². The summed E-state index contributed by atoms with van der Waals surface area (Å²) in [4.78, 5) is 45.8. The third kappa shape index (κ3) is 4.32. The SMILES string of the molecule is O=C(Nc1ccc2cc(-c3ccc(NCC(=O)C45CC6CC(C4)C(=O)C(C6)C5)cc3)[nH]c2c1)c1ccccn1. The van der Waals surface area contributed by atoms with Gasteiger partial charge < -0.3 is 15.6 Å². The summed E-state index contributed by atoms with van der Waals surface area (Å²) in [6, 6.07) is 21.2. The van der Waals surface area contributed by atoms with Crippen LogP contribution in [0.15, 0.2) is 72.9 Å². The Kier molecular flexibility index (Phi) is 5.61. The molecule has 0 spiro atoms. The van der Waals surface area contributed by atoms with Crippen LogP contribution >= 0.6 is 0 Å². The van der Waals surface area contributed by atoms with Crippen molar-refractivity contribution in [3.05, 3.63) is 78.6 Å². The van der Waals surface area contributed by atoms with E-state index in [0.29, 0.717) is 29.6 Å². The van der Waals surface area contributed by atoms with Crippen LogP contribution in [0, 0.1) is 23.2 Å². The zero-order chi connectivity index (χ0) is 26.6. The monoisotopic (exact) mass is 518 g/mol. The normalized spacial score (nSPS) is 25.1. The predicted molar refractivity (Wildman–Crippen MR) is 150 cm³/mol. The summed E-state index contributed by atoms with van der Waals surface area (Å²) in [5.41, 5.74) is 4.60. The number of amides is 1. The number of rotatable bonds is 7. The summed E-state index contributed by atoms with van der Waals surface area (Å²) >= 11 is 0. The fourth-order valence-corrected chi connectivity index (χ4v) is 7.28. The number of aromatic nitrogens is 2. The maximum absolute atomic E-state index is 13.3. The summed E-state index contributed by atoms with van der Waals surface area (Å²) in [5, 5.41) is 7.28. The molecular formula is C32H30N4O3. The molecule has 2 aromatic heterocycles. The highest BCUT2D eigenvalue weighted by Gasteiger charge is 2.57. The maximum atomic E-state index is 13.3. The molecule has 0 saturated heterocycles. The molecule has 2 aromatic carbocycles. The number of aromatic amines is 1. The van der Waals surface area contributed by atoms with Gasteiger partial charge in [-0.15, -0.1) is 0 Å². The van der Waals surface area contributed by atoms with Gasteiger partial charge in [0.15, 0.2) is 5.78 Å². The maximum Gasteiger partial charge on any atom is 0.274 e. The van der Waals surface area contributed by atoms with E-state index in [1.54, 1.807) is 24.4 Å². The number of anilines is 2. The molecule has 4 bridgehead atoms. The Labute approximate surface area is 226 Å². The first kappa shape index (κ1) is 23.8. The molecule has 8 rings (SSSR count). The van der Waals surface area contributed by atoms with Crippen LogP contribution in [-0.4, -0.2) is 34.0 Å². The lowest BCUT2D eigenvalue weighted by Crippen LogP contribution is -2.55. The standard InChI is InChI=1S/C32H30N4O3/c37-29(32-15-19-11-22(16-32)30(38)23(12-19)17-32)18-34-24-7-4-20(5-8-24)27-13-21-6-9-25(14-28(21)36-27)35-31(39)26-3-1-2-10-33-26/h1-10,13-14,19,22-23,34,36H,11-12,15-18H2,(H,35,39). The number of hydrogen-bond acceptors (Lipinski definition) is 5. The number of ketones is 2. The summed E-state index contributed by atoms with van der Waals surface area (Å²) in [6.07, 6.45) is 6.06. The van der Waals surface area contributed by atoms with Crippen LogP contribution in [0.4, 0.5) is 11.4 Å². The first-order valence-corrected chi connectivity index (χ1v) is 13.7. The lowest BCUT2D eigenvalue weighted by Gasteiger charge is -2.54. The van der Waals surface area contributed by atoms with Crippen molar-refractivity contribution in [1.82, 2.24) is 9.97 Å². The van der Waals surface area contributed by atoms with E-state index in [2.05, 4.69) is 26.7 Å². The van der Waals surface area contributed by atoms with Gasteiger partial charge in [-0.25, -0.2) is 0 Å². The second kappa shape index (κ2) is 9.19. The molecule has 0 aliphatic heterocycles. The molecule has 7 heteroatoms. The molecule has 2 heterocycles. The first-order chi connectivity index (χ1) is 19.0. The highest BCUT2D eigenvalue weighted by Crippen LogP contribution is 2.58. The average molecular weight is 519 g/mol. The van der Waals surface area contributed by atoms with Crippen LogP contribution < -0.4 is 10.6 Å². The van der Waals surface area contributed by atoms with Gasteiger partial charge in [0.2, 0.25) is 0 Å². The van der Waals surface area contributed by atoms with E-state index in [0.717, 1.165) is 60.0 Å². The van der Waals surface area contributed by atoms with Crippen LogP contribution in [0.25, 0.3) is 22.2 Å². The van der Waals surface area contributed by atoms with Crippen molar-refractivity contribution in [3.63, 3.8) is 0 Å². The molecule has 4 aromatic rings. The number of hydrogen-bond donors (Lipinski definition) is 3. The van der Waals surface area contributed by atoms with Crippen molar-refractivity contribution in [2.45, 2.75) is 32.1 Å². The van der Waals surface area contributed by atoms with Gasteiger partial charge in [0.05, 0.1) is 6.54 Å². The van der Waals surface area contributed by atoms with Gasteiger partial charge in [-0.05, 0) is 86.1 Å². The number of pyridine rings is 1. The number of carbonyl (C=O) groups is 3. The topological polar surface area (TPSA) is 104 Å². The summed E-state index contributed by atoms with van der Waals surface area (Å²) in [7, 11) is 0. The number of nitrogens with one attached hydrogen (secondary N) is 3. The van der Waals surface area contributed by atoms with Gasteiger partial charge in [0.25, 0.3) is 5.91 Å². The second-order valence-corrected chi connectivity index (χ2v) is 11.5. The molecule has 0 radical (unpaired) electrons. The molecule has 4 aliphatic carbocycles. The number of nitrogens with zero attached hydrogens (tertiary/aromatic N) is 1. The fourth-order valence-electron chi connectivity index (χ4n) is 7.28. The molecule has 1 amide bonds. The lowest BCUT2D eigenvalue weighted by atomic mass is 9.48. The number of H-pyrrole nitrogens is 1. The van der Waals surface area contributed by atoms with Gasteiger partial charge in [-0.1, -0.05) is 24.3 Å². The Morgan fingerprint density at radius 2 is 1.69 bits per heavy atom. The van der Waals surface area contributed by atoms with Gasteiger partial charge in [0, 0.05) is 51.4 Å². The largest absolute Gasteiger partial charge is 0.378 e. The van der Waals surface area contributed by atoms with Crippen molar-refractivity contribution < 1.29 is 14.4 Å². The zero-order valence-corrected chi connectivity index (χ0v) is 21.6. The summed E-state index contributed by atoms with van der Waals surface area (Å²) in [5.74, 6) is 1.21. The molecule has 4 fully saturated rings. The highest BCUT2D eigenvalue weighted by atomic mass is 16.2. The molecule has 4 aliphatic rings. The van der Waals surface area contributed by atoms with Gasteiger partial charge in [-0.2, -0.15) is 0 Å². The van der Waals surface area contributed by atoms with Crippen molar-refractivity contribution in [3.8, 4) is 11.3 Å². The summed E-state index contributed by atoms with van der Waals surface area (Å²) < 4.78 is 0. The van der Waals surface area contributed by atoms with E-state index in [1.807, 2.05) is 42.5 Å². The fraction of sp³-hybridized carbons (Fsp3) is 0.312. The second-order valence-electron chi connectivity index (χ2n) is 11.5.